The highest BCUT2D eigenvalue weighted by molar-refractivity contribution is 5.89. The molecule has 0 aliphatic carbocycles. The Morgan fingerprint density at radius 1 is 1.11 bits per heavy atom. The normalized spacial score (nSPS) is 17.5. The number of hydrogen-bond acceptors (Lipinski definition) is 4. The van der Waals surface area contributed by atoms with Crippen LogP contribution in [-0.4, -0.2) is 48.0 Å². The third kappa shape index (κ3) is 6.20. The van der Waals surface area contributed by atoms with Gasteiger partial charge in [0, 0.05) is 38.9 Å². The van der Waals surface area contributed by atoms with E-state index in [1.807, 2.05) is 37.3 Å². The quantitative estimate of drug-likeness (QED) is 0.636. The smallest absolute Gasteiger partial charge is 0.225 e. The van der Waals surface area contributed by atoms with Crippen LogP contribution in [0.15, 0.2) is 30.3 Å². The van der Waals surface area contributed by atoms with Crippen molar-refractivity contribution in [2.45, 2.75) is 39.2 Å². The van der Waals surface area contributed by atoms with Crippen LogP contribution in [0.4, 0.5) is 0 Å². The van der Waals surface area contributed by atoms with Gasteiger partial charge in [0.25, 0.3) is 0 Å². The first-order valence-electron chi connectivity index (χ1n) is 9.26. The van der Waals surface area contributed by atoms with E-state index in [2.05, 4.69) is 10.6 Å². The molecule has 0 saturated carbocycles. The first-order valence-corrected chi connectivity index (χ1v) is 9.26. The molecule has 1 fully saturated rings. The zero-order chi connectivity index (χ0) is 19.8. The summed E-state index contributed by atoms with van der Waals surface area (Å²) in [6.45, 7) is 4.39. The fraction of sp³-hybridized carbons (Fsp3) is 0.500. The van der Waals surface area contributed by atoms with Crippen LogP contribution >= 0.6 is 0 Å². The van der Waals surface area contributed by atoms with Gasteiger partial charge in [-0.3, -0.25) is 14.4 Å². The van der Waals surface area contributed by atoms with E-state index >= 15 is 0 Å². The van der Waals surface area contributed by atoms with Crippen LogP contribution in [0.5, 0.6) is 0 Å². The average molecular weight is 373 g/mol. The molecule has 1 saturated heterocycles. The van der Waals surface area contributed by atoms with Gasteiger partial charge in [0.15, 0.2) is 0 Å². The fourth-order valence-electron chi connectivity index (χ4n) is 3.10. The Balaban J connectivity index is 1.74. The van der Waals surface area contributed by atoms with Crippen LogP contribution < -0.4 is 10.6 Å². The molecule has 1 aliphatic heterocycles. The Bertz CT molecular complexity index is 690. The second kappa shape index (κ2) is 9.85. The lowest BCUT2D eigenvalue weighted by atomic mass is 10.1. The molecule has 0 bridgehead atoms. The minimum absolute atomic E-state index is 0.0240. The number of benzene rings is 1. The maximum Gasteiger partial charge on any atom is 0.225 e. The number of carbonyl (C=O) groups is 4. The second-order valence-electron chi connectivity index (χ2n) is 6.88. The van der Waals surface area contributed by atoms with E-state index in [0.29, 0.717) is 19.6 Å². The van der Waals surface area contributed by atoms with Crippen LogP contribution in [0.25, 0.3) is 0 Å². The summed E-state index contributed by atoms with van der Waals surface area (Å²) < 4.78 is 0. The van der Waals surface area contributed by atoms with E-state index in [0.717, 1.165) is 5.56 Å². The van der Waals surface area contributed by atoms with Crippen molar-refractivity contribution in [2.75, 3.05) is 19.6 Å². The third-order valence-corrected chi connectivity index (χ3v) is 4.73. The van der Waals surface area contributed by atoms with E-state index in [9.17, 15) is 19.2 Å². The molecule has 0 spiro atoms. The number of carbonyl (C=O) groups excluding carboxylic acids is 4. The largest absolute Gasteiger partial charge is 0.354 e. The molecule has 7 heteroatoms. The maximum atomic E-state index is 12.3. The summed E-state index contributed by atoms with van der Waals surface area (Å²) in [4.78, 5) is 48.7. The number of hydrogen-bond donors (Lipinski definition) is 2. The van der Waals surface area contributed by atoms with Gasteiger partial charge in [-0.25, -0.2) is 0 Å². The standard InChI is InChI=1S/C20H27N3O4/c1-14(24)8-9-18(25)21-10-11-22-20(27)17-12-19(26)23(13-17)15(2)16-6-4-3-5-7-16/h3-7,15,17H,8-13H2,1-2H3,(H,21,25)(H,22,27). The molecule has 2 N–H and O–H groups in total. The maximum absolute atomic E-state index is 12.3. The molecule has 1 aromatic rings. The lowest BCUT2D eigenvalue weighted by Gasteiger charge is -2.25. The summed E-state index contributed by atoms with van der Waals surface area (Å²) in [6, 6.07) is 9.66. The Kier molecular flexibility index (Phi) is 7.52. The molecule has 1 aromatic carbocycles. The van der Waals surface area contributed by atoms with Crippen LogP contribution in [0.1, 0.15) is 44.7 Å². The summed E-state index contributed by atoms with van der Waals surface area (Å²) in [7, 11) is 0. The number of nitrogens with one attached hydrogen (secondary N) is 2. The summed E-state index contributed by atoms with van der Waals surface area (Å²) in [5.41, 5.74) is 1.04. The predicted molar refractivity (Wildman–Crippen MR) is 101 cm³/mol. The number of rotatable bonds is 9. The molecule has 2 unspecified atom stereocenters. The van der Waals surface area contributed by atoms with Gasteiger partial charge in [-0.05, 0) is 19.4 Å². The van der Waals surface area contributed by atoms with E-state index in [1.54, 1.807) is 4.90 Å². The Morgan fingerprint density at radius 2 is 1.78 bits per heavy atom. The summed E-state index contributed by atoms with van der Waals surface area (Å²) in [5, 5.41) is 5.42. The molecule has 0 radical (unpaired) electrons. The molecule has 2 rings (SSSR count). The molecule has 3 amide bonds. The van der Waals surface area contributed by atoms with E-state index in [1.165, 1.54) is 6.92 Å². The van der Waals surface area contributed by atoms with Gasteiger partial charge >= 0.3 is 0 Å². The van der Waals surface area contributed by atoms with Crippen molar-refractivity contribution in [2.24, 2.45) is 5.92 Å². The highest BCUT2D eigenvalue weighted by atomic mass is 16.2. The summed E-state index contributed by atoms with van der Waals surface area (Å²) in [5.74, 6) is -0.817. The fourth-order valence-corrected chi connectivity index (χ4v) is 3.10. The highest BCUT2D eigenvalue weighted by Crippen LogP contribution is 2.28. The Morgan fingerprint density at radius 3 is 2.44 bits per heavy atom. The molecule has 2 atom stereocenters. The van der Waals surface area contributed by atoms with Crippen LogP contribution in [0.3, 0.4) is 0 Å². The van der Waals surface area contributed by atoms with Gasteiger partial charge in [-0.1, -0.05) is 30.3 Å². The van der Waals surface area contributed by atoms with Crippen molar-refractivity contribution >= 4 is 23.5 Å². The van der Waals surface area contributed by atoms with Crippen LogP contribution in [0, 0.1) is 5.92 Å². The van der Waals surface area contributed by atoms with E-state index < -0.39 is 0 Å². The molecule has 1 heterocycles. The van der Waals surface area contributed by atoms with Gasteiger partial charge < -0.3 is 20.3 Å². The van der Waals surface area contributed by atoms with Crippen molar-refractivity contribution in [1.29, 1.82) is 0 Å². The van der Waals surface area contributed by atoms with Crippen molar-refractivity contribution in [3.05, 3.63) is 35.9 Å². The minimum Gasteiger partial charge on any atom is -0.354 e. The Labute approximate surface area is 159 Å². The molecular formula is C20H27N3O4. The number of ketones is 1. The molecular weight excluding hydrogens is 346 g/mol. The van der Waals surface area contributed by atoms with E-state index in [-0.39, 0.29) is 54.7 Å². The predicted octanol–water partition coefficient (Wildman–Crippen LogP) is 1.20. The summed E-state index contributed by atoms with van der Waals surface area (Å²) in [6.07, 6.45) is 0.582. The zero-order valence-corrected chi connectivity index (χ0v) is 15.9. The Hall–Kier alpha value is -2.70. The first-order chi connectivity index (χ1) is 12.9. The van der Waals surface area contributed by atoms with Crippen LogP contribution in [0.2, 0.25) is 0 Å². The number of Topliss-reactive ketones (excluding diaryl/α,β-unsaturated/α-hetero) is 1. The lowest BCUT2D eigenvalue weighted by molar-refractivity contribution is -0.130. The summed E-state index contributed by atoms with van der Waals surface area (Å²) >= 11 is 0. The number of likely N-dealkylation sites (tertiary alicyclic amines) is 1. The number of amides is 3. The third-order valence-electron chi connectivity index (χ3n) is 4.73. The number of nitrogens with zero attached hydrogens (tertiary/aromatic N) is 1. The highest BCUT2D eigenvalue weighted by Gasteiger charge is 2.36. The van der Waals surface area contributed by atoms with Gasteiger partial charge in [0.2, 0.25) is 17.7 Å². The topological polar surface area (TPSA) is 95.6 Å². The lowest BCUT2D eigenvalue weighted by Crippen LogP contribution is -2.38. The van der Waals surface area contributed by atoms with Crippen LogP contribution in [-0.2, 0) is 19.2 Å². The van der Waals surface area contributed by atoms with E-state index in [4.69, 9.17) is 0 Å². The first kappa shape index (κ1) is 20.6. The molecule has 1 aliphatic rings. The van der Waals surface area contributed by atoms with Gasteiger partial charge in [0.05, 0.1) is 12.0 Å². The monoisotopic (exact) mass is 373 g/mol. The zero-order valence-electron chi connectivity index (χ0n) is 15.9. The van der Waals surface area contributed by atoms with Crippen molar-refractivity contribution < 1.29 is 19.2 Å². The molecule has 27 heavy (non-hydrogen) atoms. The molecule has 146 valence electrons. The average Bonchev–Trinajstić information content (AvgIpc) is 3.05. The molecule has 7 nitrogen and oxygen atoms in total. The molecule has 0 aromatic heterocycles. The van der Waals surface area contributed by atoms with Crippen molar-refractivity contribution in [1.82, 2.24) is 15.5 Å². The van der Waals surface area contributed by atoms with Gasteiger partial charge in [-0.15, -0.1) is 0 Å². The van der Waals surface area contributed by atoms with Gasteiger partial charge in [0.1, 0.15) is 5.78 Å². The van der Waals surface area contributed by atoms with Gasteiger partial charge in [-0.2, -0.15) is 0 Å². The minimum atomic E-state index is -0.378. The van der Waals surface area contributed by atoms with Crippen molar-refractivity contribution in [3.8, 4) is 0 Å². The SMILES string of the molecule is CC(=O)CCC(=O)NCCNC(=O)C1CC(=O)N(C(C)c2ccccc2)C1. The van der Waals surface area contributed by atoms with Crippen molar-refractivity contribution in [3.63, 3.8) is 0 Å². The second-order valence-corrected chi connectivity index (χ2v) is 6.88.